The summed E-state index contributed by atoms with van der Waals surface area (Å²) in [5, 5.41) is 12.2. The van der Waals surface area contributed by atoms with E-state index in [0.29, 0.717) is 44.5 Å². The van der Waals surface area contributed by atoms with Crippen LogP contribution in [0.5, 0.6) is 0 Å². The van der Waals surface area contributed by atoms with Gasteiger partial charge in [0, 0.05) is 31.6 Å². The van der Waals surface area contributed by atoms with E-state index in [0.717, 1.165) is 0 Å². The van der Waals surface area contributed by atoms with E-state index in [-0.39, 0.29) is 17.9 Å². The maximum absolute atomic E-state index is 11.8. The van der Waals surface area contributed by atoms with Crippen LogP contribution in [0.3, 0.4) is 0 Å². The predicted octanol–water partition coefficient (Wildman–Crippen LogP) is 0.790. The van der Waals surface area contributed by atoms with Gasteiger partial charge >= 0.3 is 0 Å². The Balaban J connectivity index is 1.64. The number of likely N-dealkylation sites (tertiary alicyclic amines) is 1. The van der Waals surface area contributed by atoms with Gasteiger partial charge in [-0.15, -0.1) is 0 Å². The monoisotopic (exact) mass is 276 g/mol. The molecule has 1 aromatic carbocycles. The summed E-state index contributed by atoms with van der Waals surface area (Å²) in [5.41, 5.74) is 0.626. The van der Waals surface area contributed by atoms with Crippen LogP contribution in [-0.4, -0.2) is 47.6 Å². The number of carbonyl (C=O) groups excluding carboxylic acids is 2. The first-order valence-corrected chi connectivity index (χ1v) is 6.96. The van der Waals surface area contributed by atoms with E-state index < -0.39 is 0 Å². The largest absolute Gasteiger partial charge is 0.391 e. The van der Waals surface area contributed by atoms with E-state index in [1.165, 1.54) is 0 Å². The maximum atomic E-state index is 11.8. The second-order valence-corrected chi connectivity index (χ2v) is 5.01. The van der Waals surface area contributed by atoms with Gasteiger partial charge in [-0.2, -0.15) is 0 Å². The number of nitrogens with zero attached hydrogens (tertiary/aromatic N) is 1. The lowest BCUT2D eigenvalue weighted by Crippen LogP contribution is -2.31. The van der Waals surface area contributed by atoms with Crippen molar-refractivity contribution < 1.29 is 14.7 Å². The van der Waals surface area contributed by atoms with Gasteiger partial charge in [0.2, 0.25) is 5.91 Å². The number of rotatable bonds is 5. The summed E-state index contributed by atoms with van der Waals surface area (Å²) in [4.78, 5) is 25.2. The molecule has 1 fully saturated rings. The standard InChI is InChI=1S/C15H20N2O3/c18-13-8-10-17(11-13)14(19)7-4-9-16-15(20)12-5-2-1-3-6-12/h1-3,5-6,13,18H,4,7-11H2,(H,16,20)/t13-/m1/s1. The van der Waals surface area contributed by atoms with Crippen molar-refractivity contribution in [2.75, 3.05) is 19.6 Å². The zero-order valence-corrected chi connectivity index (χ0v) is 11.4. The van der Waals surface area contributed by atoms with Crippen molar-refractivity contribution in [3.63, 3.8) is 0 Å². The molecular formula is C15H20N2O3. The summed E-state index contributed by atoms with van der Waals surface area (Å²) >= 11 is 0. The SMILES string of the molecule is O=C(NCCCC(=O)N1CC[C@@H](O)C1)c1ccccc1. The number of aliphatic hydroxyl groups is 1. The quantitative estimate of drug-likeness (QED) is 0.781. The summed E-state index contributed by atoms with van der Waals surface area (Å²) in [6.07, 6.45) is 1.30. The third kappa shape index (κ3) is 4.06. The number of hydrogen-bond donors (Lipinski definition) is 2. The van der Waals surface area contributed by atoms with Crippen LogP contribution in [0, 0.1) is 0 Å². The minimum absolute atomic E-state index is 0.0514. The molecule has 20 heavy (non-hydrogen) atoms. The molecule has 0 bridgehead atoms. The fourth-order valence-corrected chi connectivity index (χ4v) is 2.26. The number of aliphatic hydroxyl groups excluding tert-OH is 1. The van der Waals surface area contributed by atoms with Crippen molar-refractivity contribution in [1.29, 1.82) is 0 Å². The summed E-state index contributed by atoms with van der Waals surface area (Å²) in [5.74, 6) is -0.0647. The van der Waals surface area contributed by atoms with Gasteiger partial charge < -0.3 is 15.3 Å². The maximum Gasteiger partial charge on any atom is 0.251 e. The molecule has 0 aromatic heterocycles. The van der Waals surface area contributed by atoms with E-state index in [9.17, 15) is 14.7 Å². The zero-order chi connectivity index (χ0) is 14.4. The third-order valence-electron chi connectivity index (χ3n) is 3.41. The van der Waals surface area contributed by atoms with E-state index in [1.807, 2.05) is 18.2 Å². The topological polar surface area (TPSA) is 69.6 Å². The summed E-state index contributed by atoms with van der Waals surface area (Å²) in [6.45, 7) is 1.56. The van der Waals surface area contributed by atoms with Crippen molar-refractivity contribution in [3.05, 3.63) is 35.9 Å². The van der Waals surface area contributed by atoms with Crippen LogP contribution in [0.1, 0.15) is 29.6 Å². The third-order valence-corrected chi connectivity index (χ3v) is 3.41. The highest BCUT2D eigenvalue weighted by Crippen LogP contribution is 2.10. The molecule has 1 aliphatic rings. The lowest BCUT2D eigenvalue weighted by Gasteiger charge is -2.15. The number of nitrogens with one attached hydrogen (secondary N) is 1. The molecule has 1 aliphatic heterocycles. The van der Waals surface area contributed by atoms with Crippen molar-refractivity contribution >= 4 is 11.8 Å². The molecule has 0 radical (unpaired) electrons. The fourth-order valence-electron chi connectivity index (χ4n) is 2.26. The Bertz CT molecular complexity index is 461. The Morgan fingerprint density at radius 3 is 2.70 bits per heavy atom. The molecule has 2 amide bonds. The van der Waals surface area contributed by atoms with Gasteiger partial charge in [0.15, 0.2) is 0 Å². The molecule has 2 N–H and O–H groups in total. The Morgan fingerprint density at radius 1 is 1.30 bits per heavy atom. The normalized spacial score (nSPS) is 18.1. The van der Waals surface area contributed by atoms with E-state index in [2.05, 4.69) is 5.32 Å². The van der Waals surface area contributed by atoms with Crippen LogP contribution in [0.25, 0.3) is 0 Å². The number of benzene rings is 1. The van der Waals surface area contributed by atoms with Crippen molar-refractivity contribution in [1.82, 2.24) is 10.2 Å². The van der Waals surface area contributed by atoms with Crippen LogP contribution in [0.4, 0.5) is 0 Å². The second-order valence-electron chi connectivity index (χ2n) is 5.01. The smallest absolute Gasteiger partial charge is 0.251 e. The average molecular weight is 276 g/mol. The highest BCUT2D eigenvalue weighted by molar-refractivity contribution is 5.94. The Morgan fingerprint density at radius 2 is 2.05 bits per heavy atom. The van der Waals surface area contributed by atoms with Gasteiger partial charge in [-0.1, -0.05) is 18.2 Å². The molecule has 2 rings (SSSR count). The van der Waals surface area contributed by atoms with Crippen LogP contribution in [-0.2, 0) is 4.79 Å². The molecule has 1 heterocycles. The van der Waals surface area contributed by atoms with Crippen molar-refractivity contribution in [2.45, 2.75) is 25.4 Å². The molecular weight excluding hydrogens is 256 g/mol. The highest BCUT2D eigenvalue weighted by atomic mass is 16.3. The van der Waals surface area contributed by atoms with Gasteiger partial charge in [-0.05, 0) is 25.0 Å². The number of β-amino-alcohol motifs (C(OH)–C–C–N with tert-alkyl or cyclic N) is 1. The first-order valence-electron chi connectivity index (χ1n) is 6.96. The van der Waals surface area contributed by atoms with Gasteiger partial charge in [-0.3, -0.25) is 9.59 Å². The van der Waals surface area contributed by atoms with E-state index in [1.54, 1.807) is 17.0 Å². The Hall–Kier alpha value is -1.88. The number of hydrogen-bond acceptors (Lipinski definition) is 3. The van der Waals surface area contributed by atoms with Gasteiger partial charge in [0.25, 0.3) is 5.91 Å². The molecule has 5 heteroatoms. The van der Waals surface area contributed by atoms with Crippen LogP contribution in [0.15, 0.2) is 30.3 Å². The van der Waals surface area contributed by atoms with E-state index in [4.69, 9.17) is 0 Å². The van der Waals surface area contributed by atoms with Crippen molar-refractivity contribution in [3.8, 4) is 0 Å². The molecule has 0 aliphatic carbocycles. The van der Waals surface area contributed by atoms with E-state index >= 15 is 0 Å². The first-order chi connectivity index (χ1) is 9.66. The molecule has 0 unspecified atom stereocenters. The minimum Gasteiger partial charge on any atom is -0.391 e. The van der Waals surface area contributed by atoms with Crippen LogP contribution < -0.4 is 5.32 Å². The Kier molecular flexibility index (Phi) is 5.12. The van der Waals surface area contributed by atoms with Gasteiger partial charge in [0.1, 0.15) is 0 Å². The molecule has 1 atom stereocenters. The second kappa shape index (κ2) is 7.05. The molecule has 5 nitrogen and oxygen atoms in total. The molecule has 1 aromatic rings. The molecule has 0 saturated carbocycles. The van der Waals surface area contributed by atoms with Crippen LogP contribution in [0.2, 0.25) is 0 Å². The summed E-state index contributed by atoms with van der Waals surface area (Å²) in [7, 11) is 0. The number of carbonyl (C=O) groups is 2. The number of amides is 2. The first kappa shape index (κ1) is 14.5. The Labute approximate surface area is 118 Å². The summed E-state index contributed by atoms with van der Waals surface area (Å²) < 4.78 is 0. The molecule has 108 valence electrons. The lowest BCUT2D eigenvalue weighted by molar-refractivity contribution is -0.130. The minimum atomic E-state index is -0.378. The lowest BCUT2D eigenvalue weighted by atomic mass is 10.2. The predicted molar refractivity (Wildman–Crippen MR) is 75.2 cm³/mol. The van der Waals surface area contributed by atoms with Crippen molar-refractivity contribution in [2.24, 2.45) is 0 Å². The molecule has 1 saturated heterocycles. The van der Waals surface area contributed by atoms with Gasteiger partial charge in [0.05, 0.1) is 6.10 Å². The van der Waals surface area contributed by atoms with Crippen LogP contribution >= 0.6 is 0 Å². The summed E-state index contributed by atoms with van der Waals surface area (Å²) in [6, 6.07) is 9.01. The van der Waals surface area contributed by atoms with Gasteiger partial charge in [-0.25, -0.2) is 0 Å². The highest BCUT2D eigenvalue weighted by Gasteiger charge is 2.23. The molecule has 0 spiro atoms. The fraction of sp³-hybridized carbons (Fsp3) is 0.467. The average Bonchev–Trinajstić information content (AvgIpc) is 2.91. The zero-order valence-electron chi connectivity index (χ0n) is 11.4.